The van der Waals surface area contributed by atoms with Gasteiger partial charge in [-0.1, -0.05) is 59.2 Å². The smallest absolute Gasteiger partial charge is 0.227 e. The van der Waals surface area contributed by atoms with Gasteiger partial charge in [-0.25, -0.2) is 0 Å². The molecular weight excluding hydrogens is 338 g/mol. The molecule has 3 aromatic rings. The number of aryl methyl sites for hydroxylation is 1. The van der Waals surface area contributed by atoms with Crippen LogP contribution in [0.2, 0.25) is 5.02 Å². The molecule has 1 N–H and O–H groups in total. The lowest BCUT2D eigenvalue weighted by Gasteiger charge is -2.13. The molecule has 1 atom stereocenters. The van der Waals surface area contributed by atoms with Gasteiger partial charge in [0.1, 0.15) is 0 Å². The summed E-state index contributed by atoms with van der Waals surface area (Å²) in [6.07, 6.45) is 0.659. The maximum absolute atomic E-state index is 12.1. The number of rotatable bonds is 6. The second-order valence-electron chi connectivity index (χ2n) is 5.69. The van der Waals surface area contributed by atoms with Crippen molar-refractivity contribution in [3.63, 3.8) is 0 Å². The minimum atomic E-state index is -0.0613. The van der Waals surface area contributed by atoms with Crippen LogP contribution in [0.5, 0.6) is 0 Å². The first-order valence-electron chi connectivity index (χ1n) is 8.05. The normalized spacial score (nSPS) is 11.9. The van der Waals surface area contributed by atoms with E-state index in [1.165, 1.54) is 0 Å². The lowest BCUT2D eigenvalue weighted by molar-refractivity contribution is -0.121. The summed E-state index contributed by atoms with van der Waals surface area (Å²) >= 11 is 6.13. The van der Waals surface area contributed by atoms with Crippen molar-refractivity contribution in [2.45, 2.75) is 25.8 Å². The highest BCUT2D eigenvalue weighted by molar-refractivity contribution is 6.33. The molecule has 128 valence electrons. The van der Waals surface area contributed by atoms with E-state index in [4.69, 9.17) is 16.1 Å². The fourth-order valence-electron chi connectivity index (χ4n) is 2.47. The van der Waals surface area contributed by atoms with Crippen LogP contribution in [0.3, 0.4) is 0 Å². The Hall–Kier alpha value is -2.66. The molecule has 0 bridgehead atoms. The number of benzene rings is 2. The van der Waals surface area contributed by atoms with Crippen molar-refractivity contribution < 1.29 is 9.32 Å². The van der Waals surface area contributed by atoms with Gasteiger partial charge in [-0.2, -0.15) is 4.98 Å². The number of aromatic nitrogens is 2. The zero-order valence-corrected chi connectivity index (χ0v) is 14.5. The second-order valence-corrected chi connectivity index (χ2v) is 6.10. The summed E-state index contributed by atoms with van der Waals surface area (Å²) in [5.41, 5.74) is 1.77. The Morgan fingerprint density at radius 1 is 1.16 bits per heavy atom. The highest BCUT2D eigenvalue weighted by atomic mass is 35.5. The summed E-state index contributed by atoms with van der Waals surface area (Å²) in [4.78, 5) is 16.4. The van der Waals surface area contributed by atoms with Gasteiger partial charge in [-0.15, -0.1) is 0 Å². The SMILES string of the molecule is CC(NC(=O)CCc1nc(-c2ccccc2Cl)no1)c1ccccc1. The van der Waals surface area contributed by atoms with Crippen LogP contribution >= 0.6 is 11.6 Å². The van der Waals surface area contributed by atoms with Crippen molar-refractivity contribution in [2.75, 3.05) is 0 Å². The van der Waals surface area contributed by atoms with Gasteiger partial charge in [0.15, 0.2) is 0 Å². The van der Waals surface area contributed by atoms with E-state index >= 15 is 0 Å². The Labute approximate surface area is 151 Å². The molecule has 1 unspecified atom stereocenters. The highest BCUT2D eigenvalue weighted by Gasteiger charge is 2.14. The van der Waals surface area contributed by atoms with Crippen molar-refractivity contribution in [1.29, 1.82) is 0 Å². The molecule has 1 amide bonds. The standard InChI is InChI=1S/C19H18ClN3O2/c1-13(14-7-3-2-4-8-14)21-17(24)11-12-18-22-19(23-25-18)15-9-5-6-10-16(15)20/h2-10,13H,11-12H2,1H3,(H,21,24). The van der Waals surface area contributed by atoms with E-state index < -0.39 is 0 Å². The molecule has 2 aromatic carbocycles. The predicted molar refractivity (Wildman–Crippen MR) is 96.1 cm³/mol. The maximum atomic E-state index is 12.1. The second kappa shape index (κ2) is 7.94. The third kappa shape index (κ3) is 4.45. The van der Waals surface area contributed by atoms with Crippen molar-refractivity contribution in [1.82, 2.24) is 15.5 Å². The third-order valence-corrected chi connectivity index (χ3v) is 4.16. The molecule has 0 aliphatic rings. The molecule has 0 saturated heterocycles. The molecule has 3 rings (SSSR count). The van der Waals surface area contributed by atoms with Gasteiger partial charge in [0.25, 0.3) is 0 Å². The van der Waals surface area contributed by atoms with Crippen LogP contribution in [-0.4, -0.2) is 16.0 Å². The first kappa shape index (κ1) is 17.2. The van der Waals surface area contributed by atoms with Gasteiger partial charge in [0.2, 0.25) is 17.6 Å². The highest BCUT2D eigenvalue weighted by Crippen LogP contribution is 2.25. The Morgan fingerprint density at radius 2 is 1.88 bits per heavy atom. The summed E-state index contributed by atoms with van der Waals surface area (Å²) < 4.78 is 5.21. The van der Waals surface area contributed by atoms with Gasteiger partial charge in [-0.05, 0) is 24.6 Å². The molecule has 5 nitrogen and oxygen atoms in total. The van der Waals surface area contributed by atoms with Gasteiger partial charge >= 0.3 is 0 Å². The van der Waals surface area contributed by atoms with Crippen LogP contribution in [-0.2, 0) is 11.2 Å². The molecule has 1 aromatic heterocycles. The first-order valence-corrected chi connectivity index (χ1v) is 8.43. The molecule has 0 fully saturated rings. The topological polar surface area (TPSA) is 68.0 Å². The van der Waals surface area contributed by atoms with Crippen LogP contribution < -0.4 is 5.32 Å². The quantitative estimate of drug-likeness (QED) is 0.719. The lowest BCUT2D eigenvalue weighted by atomic mass is 10.1. The Bertz CT molecular complexity index is 849. The minimum Gasteiger partial charge on any atom is -0.350 e. The van der Waals surface area contributed by atoms with Crippen LogP contribution in [0.4, 0.5) is 0 Å². The summed E-state index contributed by atoms with van der Waals surface area (Å²) in [6.45, 7) is 1.95. The number of carbonyl (C=O) groups excluding carboxylic acids is 1. The number of nitrogens with one attached hydrogen (secondary N) is 1. The predicted octanol–water partition coefficient (Wildman–Crippen LogP) is 4.20. The van der Waals surface area contributed by atoms with Crippen LogP contribution in [0.25, 0.3) is 11.4 Å². The molecule has 0 spiro atoms. The summed E-state index contributed by atoms with van der Waals surface area (Å²) in [6, 6.07) is 17.1. The monoisotopic (exact) mass is 355 g/mol. The zero-order chi connectivity index (χ0) is 17.6. The van der Waals surface area contributed by atoms with E-state index in [0.717, 1.165) is 5.56 Å². The molecule has 0 aliphatic carbocycles. The zero-order valence-electron chi connectivity index (χ0n) is 13.8. The van der Waals surface area contributed by atoms with Crippen molar-refractivity contribution in [3.8, 4) is 11.4 Å². The lowest BCUT2D eigenvalue weighted by Crippen LogP contribution is -2.26. The Kier molecular flexibility index (Phi) is 5.46. The molecule has 0 aliphatic heterocycles. The number of carbonyl (C=O) groups is 1. The third-order valence-electron chi connectivity index (χ3n) is 3.83. The largest absolute Gasteiger partial charge is 0.350 e. The van der Waals surface area contributed by atoms with Gasteiger partial charge in [-0.3, -0.25) is 4.79 Å². The molecule has 6 heteroatoms. The van der Waals surface area contributed by atoms with Crippen molar-refractivity contribution in [3.05, 3.63) is 71.1 Å². The average molecular weight is 356 g/mol. The van der Waals surface area contributed by atoms with E-state index in [9.17, 15) is 4.79 Å². The molecule has 0 radical (unpaired) electrons. The number of hydrogen-bond donors (Lipinski definition) is 1. The van der Waals surface area contributed by atoms with E-state index in [2.05, 4.69) is 15.5 Å². The van der Waals surface area contributed by atoms with Crippen molar-refractivity contribution in [2.24, 2.45) is 0 Å². The Balaban J connectivity index is 1.55. The van der Waals surface area contributed by atoms with Gasteiger partial charge in [0.05, 0.1) is 11.1 Å². The van der Waals surface area contributed by atoms with Crippen molar-refractivity contribution >= 4 is 17.5 Å². The van der Waals surface area contributed by atoms with Crippen LogP contribution in [0, 0.1) is 0 Å². The summed E-state index contributed by atoms with van der Waals surface area (Å²) in [7, 11) is 0. The molecule has 0 saturated carbocycles. The number of halogens is 1. The summed E-state index contributed by atoms with van der Waals surface area (Å²) in [5.74, 6) is 0.782. The van der Waals surface area contributed by atoms with Crippen LogP contribution in [0.15, 0.2) is 59.1 Å². The van der Waals surface area contributed by atoms with E-state index in [-0.39, 0.29) is 18.4 Å². The fourth-order valence-corrected chi connectivity index (χ4v) is 2.69. The maximum Gasteiger partial charge on any atom is 0.227 e. The van der Waals surface area contributed by atoms with Gasteiger partial charge in [0, 0.05) is 18.4 Å². The average Bonchev–Trinajstić information content (AvgIpc) is 3.10. The molecule has 1 heterocycles. The summed E-state index contributed by atoms with van der Waals surface area (Å²) in [5, 5.41) is 7.46. The van der Waals surface area contributed by atoms with E-state index in [0.29, 0.717) is 28.7 Å². The first-order chi connectivity index (χ1) is 12.1. The molecular formula is C19H18ClN3O2. The number of hydrogen-bond acceptors (Lipinski definition) is 4. The fraction of sp³-hybridized carbons (Fsp3) is 0.211. The Morgan fingerprint density at radius 3 is 2.64 bits per heavy atom. The van der Waals surface area contributed by atoms with E-state index in [1.54, 1.807) is 6.07 Å². The molecule has 25 heavy (non-hydrogen) atoms. The van der Waals surface area contributed by atoms with Gasteiger partial charge < -0.3 is 9.84 Å². The minimum absolute atomic E-state index is 0.0462. The van der Waals surface area contributed by atoms with E-state index in [1.807, 2.05) is 55.5 Å². The number of nitrogens with zero attached hydrogens (tertiary/aromatic N) is 2. The number of amides is 1. The van der Waals surface area contributed by atoms with Crippen LogP contribution in [0.1, 0.15) is 30.8 Å².